The van der Waals surface area contributed by atoms with E-state index >= 15 is 0 Å². The van der Waals surface area contributed by atoms with Crippen LogP contribution in [0, 0.1) is 10.1 Å². The van der Waals surface area contributed by atoms with E-state index in [0.29, 0.717) is 5.16 Å². The summed E-state index contributed by atoms with van der Waals surface area (Å²) in [5, 5.41) is 14.8. The molecule has 0 spiro atoms. The number of hydrogen-bond acceptors (Lipinski definition) is 6. The Morgan fingerprint density at radius 2 is 2.18 bits per heavy atom. The molecule has 2 heterocycles. The van der Waals surface area contributed by atoms with E-state index in [1.54, 1.807) is 7.05 Å². The average molecular weight is 257 g/mol. The van der Waals surface area contributed by atoms with Crippen molar-refractivity contribution in [3.63, 3.8) is 0 Å². The van der Waals surface area contributed by atoms with E-state index < -0.39 is 4.92 Å². The van der Waals surface area contributed by atoms with Crippen molar-refractivity contribution in [2.45, 2.75) is 18.0 Å². The number of likely N-dealkylation sites (tertiary alicyclic amines) is 1. The molecule has 1 aliphatic rings. The van der Waals surface area contributed by atoms with Gasteiger partial charge in [-0.15, -0.1) is 0 Å². The van der Waals surface area contributed by atoms with Gasteiger partial charge in [0.1, 0.15) is 0 Å². The van der Waals surface area contributed by atoms with Gasteiger partial charge in [-0.2, -0.15) is 4.68 Å². The van der Waals surface area contributed by atoms with E-state index in [1.807, 2.05) is 0 Å². The molecule has 0 amide bonds. The molecule has 0 bridgehead atoms. The van der Waals surface area contributed by atoms with Crippen molar-refractivity contribution in [2.24, 2.45) is 7.05 Å². The summed E-state index contributed by atoms with van der Waals surface area (Å²) in [6.07, 6.45) is 2.56. The maximum absolute atomic E-state index is 10.5. The fourth-order valence-electron chi connectivity index (χ4n) is 1.83. The van der Waals surface area contributed by atoms with E-state index in [0.717, 1.165) is 12.3 Å². The Balaban J connectivity index is 1.83. The Bertz CT molecular complexity index is 402. The summed E-state index contributed by atoms with van der Waals surface area (Å²) in [5.41, 5.74) is 0. The molecule has 0 saturated carbocycles. The van der Waals surface area contributed by atoms with Gasteiger partial charge < -0.3 is 15.0 Å². The molecule has 8 heteroatoms. The van der Waals surface area contributed by atoms with Crippen LogP contribution in [0.3, 0.4) is 0 Å². The van der Waals surface area contributed by atoms with Gasteiger partial charge in [-0.05, 0) is 35.8 Å². The second-order valence-electron chi connectivity index (χ2n) is 3.97. The quantitative estimate of drug-likeness (QED) is 0.443. The molecule has 1 saturated heterocycles. The number of hydrogen-bond donors (Lipinski definition) is 0. The zero-order valence-corrected chi connectivity index (χ0v) is 10.5. The van der Waals surface area contributed by atoms with Crippen molar-refractivity contribution in [1.82, 2.24) is 19.7 Å². The SMILES string of the molecule is Cn1nc([N+](=O)[O-])nc1SCCN1CCCC1. The molecule has 0 atom stereocenters. The molecule has 1 aromatic rings. The van der Waals surface area contributed by atoms with Gasteiger partial charge in [0.2, 0.25) is 0 Å². The van der Waals surface area contributed by atoms with Crippen molar-refractivity contribution < 1.29 is 4.92 Å². The summed E-state index contributed by atoms with van der Waals surface area (Å²) >= 11 is 1.52. The van der Waals surface area contributed by atoms with Crippen LogP contribution in [0.15, 0.2) is 5.16 Å². The highest BCUT2D eigenvalue weighted by Crippen LogP contribution is 2.18. The van der Waals surface area contributed by atoms with Crippen LogP contribution in [0.1, 0.15) is 12.8 Å². The standard InChI is InChI=1S/C9H15N5O2S/c1-12-9(10-8(11-12)14(15)16)17-7-6-13-4-2-3-5-13/h2-7H2,1H3. The monoisotopic (exact) mass is 257 g/mol. The van der Waals surface area contributed by atoms with Crippen LogP contribution in [0.4, 0.5) is 5.95 Å². The third-order valence-corrected chi connectivity index (χ3v) is 3.71. The summed E-state index contributed by atoms with van der Waals surface area (Å²) in [7, 11) is 1.68. The molecule has 0 N–H and O–H groups in total. The lowest BCUT2D eigenvalue weighted by molar-refractivity contribution is -0.394. The summed E-state index contributed by atoms with van der Waals surface area (Å²) in [6, 6.07) is 0. The van der Waals surface area contributed by atoms with Crippen molar-refractivity contribution in [1.29, 1.82) is 0 Å². The molecule has 2 rings (SSSR count). The first-order valence-corrected chi connectivity index (χ1v) is 6.56. The number of rotatable bonds is 5. The van der Waals surface area contributed by atoms with Gasteiger partial charge >= 0.3 is 5.95 Å². The minimum atomic E-state index is -0.565. The lowest BCUT2D eigenvalue weighted by atomic mass is 10.4. The molecule has 7 nitrogen and oxygen atoms in total. The Labute approximate surface area is 103 Å². The molecule has 1 aromatic heterocycles. The summed E-state index contributed by atoms with van der Waals surface area (Å²) in [6.45, 7) is 3.34. The highest BCUT2D eigenvalue weighted by atomic mass is 32.2. The minimum absolute atomic E-state index is 0.323. The van der Waals surface area contributed by atoms with Crippen molar-refractivity contribution in [3.8, 4) is 0 Å². The lowest BCUT2D eigenvalue weighted by Gasteiger charge is -2.12. The van der Waals surface area contributed by atoms with Gasteiger partial charge in [0.15, 0.2) is 0 Å². The van der Waals surface area contributed by atoms with E-state index in [1.165, 1.54) is 42.4 Å². The van der Waals surface area contributed by atoms with Crippen LogP contribution >= 0.6 is 11.8 Å². The second-order valence-corrected chi connectivity index (χ2v) is 5.03. The van der Waals surface area contributed by atoms with Gasteiger partial charge in [0, 0.05) is 24.4 Å². The first-order chi connectivity index (χ1) is 8.16. The van der Waals surface area contributed by atoms with Crippen LogP contribution in [0.2, 0.25) is 0 Å². The number of aromatic nitrogens is 3. The maximum atomic E-state index is 10.5. The largest absolute Gasteiger partial charge is 0.492 e. The van der Waals surface area contributed by atoms with Gasteiger partial charge in [-0.1, -0.05) is 11.8 Å². The minimum Gasteiger partial charge on any atom is -0.390 e. The predicted molar refractivity (Wildman–Crippen MR) is 64.1 cm³/mol. The maximum Gasteiger partial charge on any atom is 0.492 e. The predicted octanol–water partition coefficient (Wildman–Crippen LogP) is 0.911. The molecular formula is C9H15N5O2S. The zero-order valence-electron chi connectivity index (χ0n) is 9.70. The third-order valence-electron chi connectivity index (χ3n) is 2.71. The Hall–Kier alpha value is -1.15. The summed E-state index contributed by atoms with van der Waals surface area (Å²) in [4.78, 5) is 16.2. The summed E-state index contributed by atoms with van der Waals surface area (Å²) < 4.78 is 1.47. The van der Waals surface area contributed by atoms with E-state index in [4.69, 9.17) is 0 Å². The number of thioether (sulfide) groups is 1. The number of nitrogens with zero attached hydrogens (tertiary/aromatic N) is 5. The molecular weight excluding hydrogens is 242 g/mol. The Morgan fingerprint density at radius 3 is 2.76 bits per heavy atom. The van der Waals surface area contributed by atoms with E-state index in [-0.39, 0.29) is 5.95 Å². The normalized spacial score (nSPS) is 16.5. The van der Waals surface area contributed by atoms with Crippen LogP contribution in [-0.4, -0.2) is 50.0 Å². The Morgan fingerprint density at radius 1 is 1.47 bits per heavy atom. The molecule has 0 aliphatic carbocycles. The molecule has 0 radical (unpaired) electrons. The molecule has 0 aromatic carbocycles. The van der Waals surface area contributed by atoms with Crippen LogP contribution in [0.25, 0.3) is 0 Å². The molecule has 94 valence electrons. The average Bonchev–Trinajstić information content (AvgIpc) is 2.89. The van der Waals surface area contributed by atoms with Crippen LogP contribution < -0.4 is 0 Å². The van der Waals surface area contributed by atoms with Gasteiger partial charge in [0.05, 0.1) is 0 Å². The molecule has 0 unspecified atom stereocenters. The van der Waals surface area contributed by atoms with E-state index in [2.05, 4.69) is 15.0 Å². The first kappa shape index (κ1) is 12.3. The van der Waals surface area contributed by atoms with Crippen molar-refractivity contribution in [2.75, 3.05) is 25.4 Å². The number of nitro groups is 1. The smallest absolute Gasteiger partial charge is 0.390 e. The summed E-state index contributed by atoms with van der Waals surface area (Å²) in [5.74, 6) is 0.570. The second kappa shape index (κ2) is 5.46. The molecule has 1 fully saturated rings. The zero-order chi connectivity index (χ0) is 12.3. The van der Waals surface area contributed by atoms with Gasteiger partial charge in [0.25, 0.3) is 5.16 Å². The topological polar surface area (TPSA) is 77.1 Å². The highest BCUT2D eigenvalue weighted by molar-refractivity contribution is 7.99. The fraction of sp³-hybridized carbons (Fsp3) is 0.778. The van der Waals surface area contributed by atoms with Crippen molar-refractivity contribution in [3.05, 3.63) is 10.1 Å². The van der Waals surface area contributed by atoms with Crippen molar-refractivity contribution >= 4 is 17.7 Å². The Kier molecular flexibility index (Phi) is 3.95. The lowest BCUT2D eigenvalue weighted by Crippen LogP contribution is -2.22. The molecule has 17 heavy (non-hydrogen) atoms. The van der Waals surface area contributed by atoms with Gasteiger partial charge in [-0.25, -0.2) is 0 Å². The number of aryl methyl sites for hydroxylation is 1. The van der Waals surface area contributed by atoms with Crippen LogP contribution in [0.5, 0.6) is 0 Å². The molecule has 1 aliphatic heterocycles. The highest BCUT2D eigenvalue weighted by Gasteiger charge is 2.19. The third kappa shape index (κ3) is 3.16. The van der Waals surface area contributed by atoms with Gasteiger partial charge in [-0.3, -0.25) is 0 Å². The fourth-order valence-corrected chi connectivity index (χ4v) is 2.74. The van der Waals surface area contributed by atoms with Crippen LogP contribution in [-0.2, 0) is 7.05 Å². The first-order valence-electron chi connectivity index (χ1n) is 5.57. The van der Waals surface area contributed by atoms with E-state index in [9.17, 15) is 10.1 Å².